The van der Waals surface area contributed by atoms with Crippen LogP contribution in [-0.2, 0) is 15.8 Å². The summed E-state index contributed by atoms with van der Waals surface area (Å²) in [5.41, 5.74) is 1.11. The van der Waals surface area contributed by atoms with Crippen LogP contribution in [0.5, 0.6) is 0 Å². The van der Waals surface area contributed by atoms with Crippen molar-refractivity contribution in [3.63, 3.8) is 0 Å². The molecule has 0 amide bonds. The Bertz CT molecular complexity index is 371. The Morgan fingerprint density at radius 2 is 2.25 bits per heavy atom. The molecule has 0 bridgehead atoms. The van der Waals surface area contributed by atoms with Gasteiger partial charge in [0.1, 0.15) is 0 Å². The van der Waals surface area contributed by atoms with Gasteiger partial charge in [-0.15, -0.1) is 0 Å². The zero-order valence-corrected chi connectivity index (χ0v) is 10.0. The van der Waals surface area contributed by atoms with E-state index in [1.165, 1.54) is 0 Å². The minimum atomic E-state index is -0.300. The Morgan fingerprint density at radius 1 is 1.38 bits per heavy atom. The van der Waals surface area contributed by atoms with Crippen molar-refractivity contribution < 1.29 is 4.74 Å². The average Bonchev–Trinajstić information content (AvgIpc) is 2.39. The summed E-state index contributed by atoms with van der Waals surface area (Å²) in [5, 5.41) is 3.34. The summed E-state index contributed by atoms with van der Waals surface area (Å²) in [6.07, 6.45) is 3.98. The van der Waals surface area contributed by atoms with Gasteiger partial charge in [0.15, 0.2) is 5.76 Å². The van der Waals surface area contributed by atoms with Crippen LogP contribution in [0.1, 0.15) is 12.8 Å². The second kappa shape index (κ2) is 4.65. The Labute approximate surface area is 97.9 Å². The van der Waals surface area contributed by atoms with Crippen LogP contribution in [0.2, 0.25) is 0 Å². The number of hydrogen-bond acceptors (Lipinski definition) is 5. The smallest absolute Gasteiger partial charge is 0.160 e. The summed E-state index contributed by atoms with van der Waals surface area (Å²) < 4.78 is 17.1. The lowest BCUT2D eigenvalue weighted by Gasteiger charge is -2.29. The first-order chi connectivity index (χ1) is 7.93. The number of fused-ring (bicyclic) bond motifs is 1. The van der Waals surface area contributed by atoms with Crippen molar-refractivity contribution in [1.29, 1.82) is 0 Å². The number of piperazine rings is 1. The predicted molar refractivity (Wildman–Crippen MR) is 64.9 cm³/mol. The van der Waals surface area contributed by atoms with E-state index in [9.17, 15) is 0 Å². The number of ether oxygens (including phenoxy) is 1. The molecule has 1 N–H and O–H groups in total. The zero-order valence-electron chi connectivity index (χ0n) is 9.19. The summed E-state index contributed by atoms with van der Waals surface area (Å²) in [6, 6.07) is 0. The molecule has 16 heavy (non-hydrogen) atoms. The first-order valence-corrected chi connectivity index (χ1v) is 6.85. The highest BCUT2D eigenvalue weighted by Crippen LogP contribution is 2.20. The van der Waals surface area contributed by atoms with Crippen molar-refractivity contribution in [3.8, 4) is 0 Å². The van der Waals surface area contributed by atoms with Gasteiger partial charge in [-0.1, -0.05) is 0 Å². The molecule has 3 rings (SSSR count). The van der Waals surface area contributed by atoms with Crippen LogP contribution in [0.3, 0.4) is 0 Å². The highest BCUT2D eigenvalue weighted by molar-refractivity contribution is 7.83. The van der Waals surface area contributed by atoms with Crippen molar-refractivity contribution in [3.05, 3.63) is 12.0 Å². The monoisotopic (exact) mass is 240 g/mol. The van der Waals surface area contributed by atoms with Gasteiger partial charge in [-0.25, -0.2) is 4.31 Å². The number of hydrogen-bond donors (Lipinski definition) is 1. The quantitative estimate of drug-likeness (QED) is 0.731. The standard InChI is InChI=1S/C10H16N4OS/c1-2-9-10(15-7-1)8-12-16(13-9)14-5-3-11-4-6-14/h8,11H,1-7H2. The molecule has 2 fully saturated rings. The van der Waals surface area contributed by atoms with E-state index in [0.717, 1.165) is 57.1 Å². The minimum Gasteiger partial charge on any atom is -0.490 e. The van der Waals surface area contributed by atoms with Gasteiger partial charge in [0.05, 0.1) is 29.6 Å². The maximum Gasteiger partial charge on any atom is 0.160 e. The predicted octanol–water partition coefficient (Wildman–Crippen LogP) is 0.630. The lowest BCUT2D eigenvalue weighted by molar-refractivity contribution is 0.213. The van der Waals surface area contributed by atoms with Gasteiger partial charge < -0.3 is 10.1 Å². The van der Waals surface area contributed by atoms with Crippen molar-refractivity contribution in [2.45, 2.75) is 12.8 Å². The van der Waals surface area contributed by atoms with Crippen molar-refractivity contribution >= 4 is 16.8 Å². The summed E-state index contributed by atoms with van der Waals surface area (Å²) >= 11 is -0.300. The van der Waals surface area contributed by atoms with Gasteiger partial charge in [0.25, 0.3) is 0 Å². The van der Waals surface area contributed by atoms with Crippen LogP contribution in [0.25, 0.3) is 0 Å². The Morgan fingerprint density at radius 3 is 3.12 bits per heavy atom. The first-order valence-electron chi connectivity index (χ1n) is 5.75. The van der Waals surface area contributed by atoms with Crippen LogP contribution in [-0.4, -0.2) is 42.8 Å². The second-order valence-electron chi connectivity index (χ2n) is 4.01. The van der Waals surface area contributed by atoms with E-state index in [4.69, 9.17) is 9.13 Å². The van der Waals surface area contributed by atoms with Crippen molar-refractivity contribution in [2.75, 3.05) is 32.8 Å². The Hall–Kier alpha value is -0.720. The van der Waals surface area contributed by atoms with Crippen LogP contribution in [0.4, 0.5) is 0 Å². The number of nitrogens with zero attached hydrogens (tertiary/aromatic N) is 3. The lowest BCUT2D eigenvalue weighted by Crippen LogP contribution is -2.44. The molecular formula is C10H16N4OS. The Balaban J connectivity index is 1.79. The second-order valence-corrected chi connectivity index (χ2v) is 5.41. The lowest BCUT2D eigenvalue weighted by atomic mass is 10.1. The maximum atomic E-state index is 5.53. The maximum absolute atomic E-state index is 5.53. The summed E-state index contributed by atoms with van der Waals surface area (Å²) in [5.74, 6) is 0.894. The molecule has 3 heterocycles. The van der Waals surface area contributed by atoms with Gasteiger partial charge in [-0.05, 0) is 12.8 Å². The normalized spacial score (nSPS) is 30.6. The largest absolute Gasteiger partial charge is 0.490 e. The molecule has 1 atom stereocenters. The van der Waals surface area contributed by atoms with Crippen LogP contribution < -0.4 is 5.32 Å². The SMILES string of the molecule is C1=C2OCCCC2=NS(N2CCNCC2)=N1. The number of rotatable bonds is 1. The number of nitrogens with one attached hydrogen (secondary N) is 1. The fourth-order valence-electron chi connectivity index (χ4n) is 1.98. The topological polar surface area (TPSA) is 49.2 Å². The molecule has 88 valence electrons. The molecule has 0 aliphatic carbocycles. The van der Waals surface area contributed by atoms with Crippen LogP contribution in [0, 0.1) is 0 Å². The van der Waals surface area contributed by atoms with E-state index in [0.29, 0.717) is 0 Å². The van der Waals surface area contributed by atoms with Gasteiger partial charge in [0.2, 0.25) is 0 Å². The molecule has 0 radical (unpaired) electrons. The average molecular weight is 240 g/mol. The highest BCUT2D eigenvalue weighted by Gasteiger charge is 2.21. The van der Waals surface area contributed by atoms with Gasteiger partial charge >= 0.3 is 0 Å². The van der Waals surface area contributed by atoms with E-state index in [-0.39, 0.29) is 11.1 Å². The zero-order chi connectivity index (χ0) is 10.8. The number of allylic oxidation sites excluding steroid dienone is 1. The molecule has 3 aliphatic heterocycles. The molecule has 5 nitrogen and oxygen atoms in total. The van der Waals surface area contributed by atoms with E-state index >= 15 is 0 Å². The fourth-order valence-corrected chi connectivity index (χ4v) is 3.35. The molecule has 6 heteroatoms. The van der Waals surface area contributed by atoms with Gasteiger partial charge in [-0.2, -0.15) is 8.76 Å². The third kappa shape index (κ3) is 2.05. The molecular weight excluding hydrogens is 224 g/mol. The van der Waals surface area contributed by atoms with Crippen LogP contribution in [0.15, 0.2) is 20.7 Å². The molecule has 3 aliphatic rings. The highest BCUT2D eigenvalue weighted by atomic mass is 32.2. The molecule has 2 saturated heterocycles. The van der Waals surface area contributed by atoms with E-state index in [2.05, 4.69) is 14.0 Å². The molecule has 0 aromatic heterocycles. The van der Waals surface area contributed by atoms with Gasteiger partial charge in [-0.3, -0.25) is 0 Å². The molecule has 0 spiro atoms. The molecule has 0 saturated carbocycles. The van der Waals surface area contributed by atoms with E-state index in [1.54, 1.807) is 0 Å². The molecule has 0 aromatic carbocycles. The third-order valence-electron chi connectivity index (χ3n) is 2.86. The first kappa shape index (κ1) is 10.4. The minimum absolute atomic E-state index is 0.300. The van der Waals surface area contributed by atoms with E-state index in [1.807, 2.05) is 6.20 Å². The molecule has 0 aromatic rings. The third-order valence-corrected chi connectivity index (χ3v) is 4.37. The van der Waals surface area contributed by atoms with E-state index < -0.39 is 0 Å². The summed E-state index contributed by atoms with van der Waals surface area (Å²) in [4.78, 5) is 0. The fraction of sp³-hybridized carbons (Fsp3) is 0.700. The summed E-state index contributed by atoms with van der Waals surface area (Å²) in [6.45, 7) is 4.95. The summed E-state index contributed by atoms with van der Waals surface area (Å²) in [7, 11) is 0. The Kier molecular flexibility index (Phi) is 3.03. The van der Waals surface area contributed by atoms with Gasteiger partial charge in [0, 0.05) is 26.2 Å². The van der Waals surface area contributed by atoms with Crippen LogP contribution >= 0.6 is 0 Å². The van der Waals surface area contributed by atoms with Crippen molar-refractivity contribution in [1.82, 2.24) is 9.62 Å². The molecule has 1 unspecified atom stereocenters. The van der Waals surface area contributed by atoms with Crippen molar-refractivity contribution in [2.24, 2.45) is 8.76 Å².